The van der Waals surface area contributed by atoms with Gasteiger partial charge in [0.15, 0.2) is 0 Å². The van der Waals surface area contributed by atoms with Gasteiger partial charge in [-0.1, -0.05) is 18.6 Å². The monoisotopic (exact) mass is 238 g/mol. The van der Waals surface area contributed by atoms with E-state index in [1.165, 1.54) is 0 Å². The minimum absolute atomic E-state index is 0.195. The lowest BCUT2D eigenvalue weighted by Crippen LogP contribution is -2.10. The molecule has 0 radical (unpaired) electrons. The summed E-state index contributed by atoms with van der Waals surface area (Å²) in [4.78, 5) is 11.0. The van der Waals surface area contributed by atoms with Gasteiger partial charge in [-0.25, -0.2) is 4.79 Å². The maximum Gasteiger partial charge on any atom is 0.339 e. The molecule has 0 atom stereocenters. The number of benzene rings is 1. The Bertz CT molecular complexity index is 374. The summed E-state index contributed by atoms with van der Waals surface area (Å²) < 4.78 is 10.7. The Hall–Kier alpha value is -1.55. The van der Waals surface area contributed by atoms with Gasteiger partial charge in [-0.15, -0.1) is 0 Å². The van der Waals surface area contributed by atoms with E-state index in [0.717, 1.165) is 12.0 Å². The predicted molar refractivity (Wildman–Crippen MR) is 64.7 cm³/mol. The Kier molecular flexibility index (Phi) is 5.49. The number of rotatable bonds is 7. The third kappa shape index (κ3) is 4.44. The van der Waals surface area contributed by atoms with Gasteiger partial charge in [-0.3, -0.25) is 0 Å². The number of aryl methyl sites for hydroxylation is 1. The highest BCUT2D eigenvalue weighted by atomic mass is 16.5. The highest BCUT2D eigenvalue weighted by molar-refractivity contribution is 5.91. The summed E-state index contributed by atoms with van der Waals surface area (Å²) in [5.41, 5.74) is 1.09. The SMILES string of the molecule is CCCOCCOc1ccc(C)cc1C(=O)O. The maximum atomic E-state index is 11.0. The molecular formula is C13H18O4. The van der Waals surface area contributed by atoms with E-state index in [4.69, 9.17) is 14.6 Å². The van der Waals surface area contributed by atoms with Crippen LogP contribution in [0.1, 0.15) is 29.3 Å². The van der Waals surface area contributed by atoms with Gasteiger partial charge in [0.1, 0.15) is 17.9 Å². The van der Waals surface area contributed by atoms with Crippen LogP contribution in [0.5, 0.6) is 5.75 Å². The fraction of sp³-hybridized carbons (Fsp3) is 0.462. The first-order valence-corrected chi connectivity index (χ1v) is 5.69. The van der Waals surface area contributed by atoms with E-state index in [-0.39, 0.29) is 5.56 Å². The Balaban J connectivity index is 2.55. The summed E-state index contributed by atoms with van der Waals surface area (Å²) in [6, 6.07) is 5.11. The van der Waals surface area contributed by atoms with E-state index >= 15 is 0 Å². The molecule has 0 fully saturated rings. The fourth-order valence-corrected chi connectivity index (χ4v) is 1.39. The van der Waals surface area contributed by atoms with Crippen LogP contribution in [0.4, 0.5) is 0 Å². The van der Waals surface area contributed by atoms with Crippen molar-refractivity contribution in [1.29, 1.82) is 0 Å². The molecule has 0 aliphatic rings. The number of hydrogen-bond acceptors (Lipinski definition) is 3. The molecule has 0 unspecified atom stereocenters. The van der Waals surface area contributed by atoms with Crippen LogP contribution in [-0.2, 0) is 4.74 Å². The van der Waals surface area contributed by atoms with E-state index in [2.05, 4.69) is 0 Å². The zero-order valence-corrected chi connectivity index (χ0v) is 10.2. The molecule has 17 heavy (non-hydrogen) atoms. The third-order valence-corrected chi connectivity index (χ3v) is 2.20. The Morgan fingerprint density at radius 1 is 1.29 bits per heavy atom. The van der Waals surface area contributed by atoms with Gasteiger partial charge in [0.25, 0.3) is 0 Å². The first-order valence-electron chi connectivity index (χ1n) is 5.69. The van der Waals surface area contributed by atoms with Crippen LogP contribution in [-0.4, -0.2) is 30.9 Å². The summed E-state index contributed by atoms with van der Waals surface area (Å²) in [7, 11) is 0. The zero-order chi connectivity index (χ0) is 12.7. The molecule has 4 heteroatoms. The topological polar surface area (TPSA) is 55.8 Å². The van der Waals surface area contributed by atoms with Crippen LogP contribution >= 0.6 is 0 Å². The van der Waals surface area contributed by atoms with Crippen molar-refractivity contribution >= 4 is 5.97 Å². The first-order chi connectivity index (χ1) is 8.15. The quantitative estimate of drug-likeness (QED) is 0.741. The van der Waals surface area contributed by atoms with Crippen LogP contribution in [0.3, 0.4) is 0 Å². The van der Waals surface area contributed by atoms with E-state index in [0.29, 0.717) is 25.6 Å². The molecule has 1 rings (SSSR count). The van der Waals surface area contributed by atoms with E-state index in [1.54, 1.807) is 12.1 Å². The number of carboxylic acids is 1. The van der Waals surface area contributed by atoms with Crippen molar-refractivity contribution < 1.29 is 19.4 Å². The minimum Gasteiger partial charge on any atom is -0.490 e. The standard InChI is InChI=1S/C13H18O4/c1-3-6-16-7-8-17-12-5-4-10(2)9-11(12)13(14)15/h4-5,9H,3,6-8H2,1-2H3,(H,14,15). The molecule has 0 saturated heterocycles. The van der Waals surface area contributed by atoms with Crippen LogP contribution < -0.4 is 4.74 Å². The van der Waals surface area contributed by atoms with Crippen molar-refractivity contribution in [3.8, 4) is 5.75 Å². The van der Waals surface area contributed by atoms with Crippen molar-refractivity contribution in [3.05, 3.63) is 29.3 Å². The fourth-order valence-electron chi connectivity index (χ4n) is 1.39. The molecule has 1 aromatic carbocycles. The second-order valence-electron chi connectivity index (χ2n) is 3.77. The van der Waals surface area contributed by atoms with Crippen molar-refractivity contribution in [3.63, 3.8) is 0 Å². The third-order valence-electron chi connectivity index (χ3n) is 2.20. The smallest absolute Gasteiger partial charge is 0.339 e. The number of carboxylic acid groups (broad SMARTS) is 1. The molecule has 0 aromatic heterocycles. The average Bonchev–Trinajstić information content (AvgIpc) is 2.30. The van der Waals surface area contributed by atoms with Crippen molar-refractivity contribution in [2.75, 3.05) is 19.8 Å². The van der Waals surface area contributed by atoms with Gasteiger partial charge in [-0.05, 0) is 25.5 Å². The lowest BCUT2D eigenvalue weighted by molar-refractivity contribution is 0.0685. The van der Waals surface area contributed by atoms with Crippen molar-refractivity contribution in [2.45, 2.75) is 20.3 Å². The highest BCUT2D eigenvalue weighted by Crippen LogP contribution is 2.19. The molecule has 0 heterocycles. The second kappa shape index (κ2) is 6.91. The molecule has 94 valence electrons. The maximum absolute atomic E-state index is 11.0. The lowest BCUT2D eigenvalue weighted by atomic mass is 10.1. The molecule has 0 bridgehead atoms. The number of ether oxygens (including phenoxy) is 2. The largest absolute Gasteiger partial charge is 0.490 e. The van der Waals surface area contributed by atoms with Crippen LogP contribution in [0.15, 0.2) is 18.2 Å². The second-order valence-corrected chi connectivity index (χ2v) is 3.77. The Morgan fingerprint density at radius 3 is 2.71 bits per heavy atom. The molecular weight excluding hydrogens is 220 g/mol. The normalized spacial score (nSPS) is 10.2. The van der Waals surface area contributed by atoms with Crippen molar-refractivity contribution in [2.24, 2.45) is 0 Å². The number of carbonyl (C=O) groups is 1. The van der Waals surface area contributed by atoms with Crippen LogP contribution in [0.2, 0.25) is 0 Å². The molecule has 0 spiro atoms. The summed E-state index contributed by atoms with van der Waals surface area (Å²) in [6.07, 6.45) is 0.963. The van der Waals surface area contributed by atoms with E-state index < -0.39 is 5.97 Å². The van der Waals surface area contributed by atoms with Gasteiger partial charge < -0.3 is 14.6 Å². The first kappa shape index (κ1) is 13.5. The average molecular weight is 238 g/mol. The van der Waals surface area contributed by atoms with Gasteiger partial charge in [0.05, 0.1) is 6.61 Å². The van der Waals surface area contributed by atoms with Crippen LogP contribution in [0.25, 0.3) is 0 Å². The minimum atomic E-state index is -0.974. The summed E-state index contributed by atoms with van der Waals surface area (Å²) in [6.45, 7) is 5.41. The summed E-state index contributed by atoms with van der Waals surface area (Å²) in [5.74, 6) is -0.582. The Labute approximate surface area is 101 Å². The molecule has 0 aliphatic carbocycles. The Morgan fingerprint density at radius 2 is 2.06 bits per heavy atom. The highest BCUT2D eigenvalue weighted by Gasteiger charge is 2.11. The molecule has 4 nitrogen and oxygen atoms in total. The van der Waals surface area contributed by atoms with E-state index in [9.17, 15) is 4.79 Å². The van der Waals surface area contributed by atoms with Crippen LogP contribution in [0, 0.1) is 6.92 Å². The van der Waals surface area contributed by atoms with Gasteiger partial charge >= 0.3 is 5.97 Å². The molecule has 0 aliphatic heterocycles. The predicted octanol–water partition coefficient (Wildman–Crippen LogP) is 2.50. The van der Waals surface area contributed by atoms with Crippen molar-refractivity contribution in [1.82, 2.24) is 0 Å². The molecule has 1 aromatic rings. The van der Waals surface area contributed by atoms with Gasteiger partial charge in [0.2, 0.25) is 0 Å². The number of hydrogen-bond donors (Lipinski definition) is 1. The molecule has 0 saturated carbocycles. The van der Waals surface area contributed by atoms with E-state index in [1.807, 2.05) is 19.9 Å². The van der Waals surface area contributed by atoms with Gasteiger partial charge in [-0.2, -0.15) is 0 Å². The summed E-state index contributed by atoms with van der Waals surface area (Å²) in [5, 5.41) is 9.02. The zero-order valence-electron chi connectivity index (χ0n) is 10.2. The summed E-state index contributed by atoms with van der Waals surface area (Å²) >= 11 is 0. The molecule has 0 amide bonds. The molecule has 1 N–H and O–H groups in total. The lowest BCUT2D eigenvalue weighted by Gasteiger charge is -2.09. The van der Waals surface area contributed by atoms with Gasteiger partial charge in [0, 0.05) is 6.61 Å². The number of aromatic carboxylic acids is 1.